The molecule has 0 saturated heterocycles. The van der Waals surface area contributed by atoms with E-state index in [1.807, 2.05) is 48.2 Å². The molecule has 5 rings (SSSR count). The van der Waals surface area contributed by atoms with Gasteiger partial charge in [-0.1, -0.05) is 18.2 Å². The SMILES string of the molecule is Cc1sc(NC(=O)Cc2cccc(OCCCCCO)c2)nc1-c1ccc2c(c1)CCN2C(=O)C1CC1. The number of carbonyl (C=O) groups excluding carboxylic acids is 2. The first-order chi connectivity index (χ1) is 18.0. The molecule has 1 aliphatic heterocycles. The van der Waals surface area contributed by atoms with Crippen molar-refractivity contribution in [2.75, 3.05) is 30.0 Å². The molecule has 1 aliphatic carbocycles. The summed E-state index contributed by atoms with van der Waals surface area (Å²) in [5, 5.41) is 12.4. The molecule has 1 saturated carbocycles. The Bertz CT molecular complexity index is 1280. The Labute approximate surface area is 221 Å². The van der Waals surface area contributed by atoms with Gasteiger partial charge in [0.25, 0.3) is 0 Å². The molecule has 0 atom stereocenters. The Kier molecular flexibility index (Phi) is 7.86. The van der Waals surface area contributed by atoms with Gasteiger partial charge in [0.1, 0.15) is 5.75 Å². The van der Waals surface area contributed by atoms with Crippen LogP contribution in [0, 0.1) is 12.8 Å². The Balaban J connectivity index is 1.19. The van der Waals surface area contributed by atoms with Crippen molar-refractivity contribution >= 4 is 34.0 Å². The predicted molar refractivity (Wildman–Crippen MR) is 146 cm³/mol. The minimum absolute atomic E-state index is 0.122. The molecule has 3 aromatic rings. The van der Waals surface area contributed by atoms with Crippen molar-refractivity contribution in [3.63, 3.8) is 0 Å². The van der Waals surface area contributed by atoms with Crippen molar-refractivity contribution in [3.05, 3.63) is 58.5 Å². The first-order valence-corrected chi connectivity index (χ1v) is 13.9. The second-order valence-electron chi connectivity index (χ2n) is 9.79. The number of unbranched alkanes of at least 4 members (excludes halogenated alkanes) is 2. The molecular weight excluding hydrogens is 486 g/mol. The van der Waals surface area contributed by atoms with Crippen molar-refractivity contribution in [1.29, 1.82) is 0 Å². The smallest absolute Gasteiger partial charge is 0.230 e. The van der Waals surface area contributed by atoms with Gasteiger partial charge in [-0.15, -0.1) is 11.3 Å². The molecule has 0 radical (unpaired) electrons. The van der Waals surface area contributed by atoms with E-state index in [1.165, 1.54) is 16.9 Å². The molecule has 1 aromatic heterocycles. The van der Waals surface area contributed by atoms with E-state index >= 15 is 0 Å². The van der Waals surface area contributed by atoms with Gasteiger partial charge in [-0.05, 0) is 80.8 Å². The lowest BCUT2D eigenvalue weighted by atomic mass is 10.1. The lowest BCUT2D eigenvalue weighted by Gasteiger charge is -2.17. The summed E-state index contributed by atoms with van der Waals surface area (Å²) in [5.74, 6) is 1.10. The lowest BCUT2D eigenvalue weighted by molar-refractivity contribution is -0.119. The number of anilines is 2. The minimum Gasteiger partial charge on any atom is -0.494 e. The van der Waals surface area contributed by atoms with Crippen LogP contribution in [-0.2, 0) is 22.4 Å². The lowest BCUT2D eigenvalue weighted by Crippen LogP contribution is -2.30. The number of aromatic nitrogens is 1. The molecule has 2 aromatic carbocycles. The molecule has 2 aliphatic rings. The summed E-state index contributed by atoms with van der Waals surface area (Å²) in [6, 6.07) is 13.8. The molecule has 0 unspecified atom stereocenters. The van der Waals surface area contributed by atoms with Crippen molar-refractivity contribution < 1.29 is 19.4 Å². The summed E-state index contributed by atoms with van der Waals surface area (Å²) in [6.45, 7) is 3.56. The molecule has 194 valence electrons. The number of rotatable bonds is 11. The number of nitrogens with zero attached hydrogens (tertiary/aromatic N) is 2. The van der Waals surface area contributed by atoms with Gasteiger partial charge in [-0.25, -0.2) is 4.98 Å². The van der Waals surface area contributed by atoms with Crippen LogP contribution < -0.4 is 15.0 Å². The van der Waals surface area contributed by atoms with Crippen LogP contribution in [0.2, 0.25) is 0 Å². The highest BCUT2D eigenvalue weighted by molar-refractivity contribution is 7.16. The molecule has 0 spiro atoms. The van der Waals surface area contributed by atoms with Crippen LogP contribution in [0.3, 0.4) is 0 Å². The number of aliphatic hydroxyl groups excluding tert-OH is 1. The van der Waals surface area contributed by atoms with Crippen LogP contribution in [0.5, 0.6) is 5.75 Å². The van der Waals surface area contributed by atoms with E-state index in [0.29, 0.717) is 11.7 Å². The van der Waals surface area contributed by atoms with Crippen molar-refractivity contribution in [2.24, 2.45) is 5.92 Å². The average Bonchev–Trinajstić information content (AvgIpc) is 3.56. The highest BCUT2D eigenvalue weighted by atomic mass is 32.1. The number of fused-ring (bicyclic) bond motifs is 1. The average molecular weight is 520 g/mol. The van der Waals surface area contributed by atoms with E-state index in [0.717, 1.165) is 78.2 Å². The van der Waals surface area contributed by atoms with Crippen LogP contribution in [0.1, 0.15) is 48.1 Å². The second-order valence-corrected chi connectivity index (χ2v) is 11.0. The monoisotopic (exact) mass is 519 g/mol. The molecule has 1 fully saturated rings. The van der Waals surface area contributed by atoms with E-state index < -0.39 is 0 Å². The number of hydrogen-bond donors (Lipinski definition) is 2. The third-order valence-corrected chi connectivity index (χ3v) is 7.70. The fraction of sp³-hybridized carbons (Fsp3) is 0.414. The third kappa shape index (κ3) is 6.19. The summed E-state index contributed by atoms with van der Waals surface area (Å²) in [7, 11) is 0. The number of aliphatic hydroxyl groups is 1. The van der Waals surface area contributed by atoms with Gasteiger partial charge >= 0.3 is 0 Å². The maximum Gasteiger partial charge on any atom is 0.230 e. The van der Waals surface area contributed by atoms with E-state index in [1.54, 1.807) is 0 Å². The van der Waals surface area contributed by atoms with Gasteiger partial charge in [-0.3, -0.25) is 9.59 Å². The number of amides is 2. The fourth-order valence-electron chi connectivity index (χ4n) is 4.72. The molecular formula is C29H33N3O4S. The number of nitrogens with one attached hydrogen (secondary N) is 1. The van der Waals surface area contributed by atoms with Gasteiger partial charge in [0, 0.05) is 35.2 Å². The predicted octanol–water partition coefficient (Wildman–Crippen LogP) is 5.14. The minimum atomic E-state index is -0.122. The van der Waals surface area contributed by atoms with E-state index in [9.17, 15) is 9.59 Å². The Morgan fingerprint density at radius 3 is 2.84 bits per heavy atom. The maximum absolute atomic E-state index is 12.7. The van der Waals surface area contributed by atoms with Gasteiger partial charge < -0.3 is 20.1 Å². The first kappa shape index (κ1) is 25.4. The zero-order valence-corrected chi connectivity index (χ0v) is 22.0. The molecule has 7 nitrogen and oxygen atoms in total. The van der Waals surface area contributed by atoms with Gasteiger partial charge in [-0.2, -0.15) is 0 Å². The summed E-state index contributed by atoms with van der Waals surface area (Å²) in [4.78, 5) is 33.0. The van der Waals surface area contributed by atoms with E-state index in [4.69, 9.17) is 14.8 Å². The number of thiazole rings is 1. The Morgan fingerprint density at radius 2 is 2.03 bits per heavy atom. The summed E-state index contributed by atoms with van der Waals surface area (Å²) in [6.07, 6.45) is 5.73. The second kappa shape index (κ2) is 11.4. The first-order valence-electron chi connectivity index (χ1n) is 13.1. The number of ether oxygens (including phenoxy) is 1. The highest BCUT2D eigenvalue weighted by Gasteiger charge is 2.36. The summed E-state index contributed by atoms with van der Waals surface area (Å²) >= 11 is 1.47. The van der Waals surface area contributed by atoms with Gasteiger partial charge in [0.2, 0.25) is 11.8 Å². The van der Waals surface area contributed by atoms with Crippen LogP contribution in [0.15, 0.2) is 42.5 Å². The summed E-state index contributed by atoms with van der Waals surface area (Å²) < 4.78 is 5.78. The van der Waals surface area contributed by atoms with Crippen molar-refractivity contribution in [3.8, 4) is 17.0 Å². The molecule has 0 bridgehead atoms. The molecule has 2 amide bonds. The topological polar surface area (TPSA) is 91.8 Å². The number of aryl methyl sites for hydroxylation is 1. The van der Waals surface area contributed by atoms with Crippen LogP contribution in [-0.4, -0.2) is 41.7 Å². The standard InChI is InChI=1S/C29H33N3O4S/c1-19-27(23-10-11-25-22(18-23)12-13-32(25)28(35)21-8-9-21)31-29(37-19)30-26(34)17-20-6-5-7-24(16-20)36-15-4-2-3-14-33/h5-7,10-11,16,18,21,33H,2-4,8-9,12-15,17H2,1H3,(H,30,31,34). The van der Waals surface area contributed by atoms with E-state index in [-0.39, 0.29) is 30.8 Å². The zero-order valence-electron chi connectivity index (χ0n) is 21.2. The van der Waals surface area contributed by atoms with E-state index in [2.05, 4.69) is 11.4 Å². The molecule has 2 heterocycles. The Hall–Kier alpha value is -3.23. The highest BCUT2D eigenvalue weighted by Crippen LogP contribution is 2.39. The normalized spacial score (nSPS) is 14.5. The number of hydrogen-bond acceptors (Lipinski definition) is 6. The molecule has 8 heteroatoms. The van der Waals surface area contributed by atoms with Gasteiger partial charge in [0.15, 0.2) is 5.13 Å². The van der Waals surface area contributed by atoms with Crippen molar-refractivity contribution in [2.45, 2.75) is 51.9 Å². The molecule has 2 N–H and O–H groups in total. The fourth-order valence-corrected chi connectivity index (χ4v) is 5.57. The maximum atomic E-state index is 12.7. The number of benzene rings is 2. The van der Waals surface area contributed by atoms with Gasteiger partial charge in [0.05, 0.1) is 18.7 Å². The quantitative estimate of drug-likeness (QED) is 0.342. The largest absolute Gasteiger partial charge is 0.494 e. The zero-order chi connectivity index (χ0) is 25.8. The molecule has 37 heavy (non-hydrogen) atoms. The Morgan fingerprint density at radius 1 is 1.16 bits per heavy atom. The third-order valence-electron chi connectivity index (χ3n) is 6.82. The number of carbonyl (C=O) groups is 2. The van der Waals surface area contributed by atoms with Crippen molar-refractivity contribution in [1.82, 2.24) is 4.98 Å². The summed E-state index contributed by atoms with van der Waals surface area (Å²) in [5.41, 5.74) is 4.96. The van der Waals surface area contributed by atoms with Crippen LogP contribution in [0.25, 0.3) is 11.3 Å². The van der Waals surface area contributed by atoms with Crippen LogP contribution >= 0.6 is 11.3 Å². The van der Waals surface area contributed by atoms with Crippen LogP contribution in [0.4, 0.5) is 10.8 Å².